The van der Waals surface area contributed by atoms with E-state index in [2.05, 4.69) is 23.7 Å². The molecule has 0 saturated carbocycles. The molecular formula is C12H9NOS. The predicted octanol–water partition coefficient (Wildman–Crippen LogP) is 2.91. The van der Waals surface area contributed by atoms with Crippen LogP contribution < -0.4 is 0 Å². The number of hydrogen-bond donors (Lipinski definition) is 1. The third-order valence-electron chi connectivity index (χ3n) is 2.52. The molecule has 0 radical (unpaired) electrons. The molecule has 0 fully saturated rings. The van der Waals surface area contributed by atoms with Crippen molar-refractivity contribution in [1.82, 2.24) is 4.98 Å². The minimum Gasteiger partial charge on any atom is -0.487 e. The van der Waals surface area contributed by atoms with E-state index in [9.17, 15) is 0 Å². The molecule has 0 amide bonds. The number of aromatic nitrogens is 1. The van der Waals surface area contributed by atoms with Crippen LogP contribution in [0.5, 0.6) is 0 Å². The molecule has 3 heteroatoms. The van der Waals surface area contributed by atoms with E-state index in [1.807, 2.05) is 24.3 Å². The summed E-state index contributed by atoms with van der Waals surface area (Å²) in [5.41, 5.74) is 3.19. The fourth-order valence-electron chi connectivity index (χ4n) is 1.82. The highest BCUT2D eigenvalue weighted by atomic mass is 32.1. The smallest absolute Gasteiger partial charge is 0.165 e. The number of ether oxygens (including phenoxy) is 1. The second-order valence-electron chi connectivity index (χ2n) is 3.51. The minimum absolute atomic E-state index is 0.0519. The van der Waals surface area contributed by atoms with Gasteiger partial charge in [0.1, 0.15) is 0 Å². The highest BCUT2D eigenvalue weighted by molar-refractivity contribution is 7.80. The molecule has 0 spiro atoms. The van der Waals surface area contributed by atoms with E-state index in [0.29, 0.717) is 0 Å². The van der Waals surface area contributed by atoms with Crippen molar-refractivity contribution >= 4 is 18.7 Å². The molecule has 3 rings (SSSR count). The maximum Gasteiger partial charge on any atom is 0.165 e. The quantitative estimate of drug-likeness (QED) is 0.672. The Morgan fingerprint density at radius 3 is 3.20 bits per heavy atom. The van der Waals surface area contributed by atoms with Crippen LogP contribution in [0.15, 0.2) is 47.2 Å². The van der Waals surface area contributed by atoms with Gasteiger partial charge in [0, 0.05) is 16.7 Å². The number of thiol groups is 1. The Morgan fingerprint density at radius 1 is 1.33 bits per heavy atom. The third kappa shape index (κ3) is 1.39. The molecule has 2 nitrogen and oxygen atoms in total. The lowest BCUT2D eigenvalue weighted by molar-refractivity contribution is 0.173. The van der Waals surface area contributed by atoms with Crippen LogP contribution in [0.4, 0.5) is 0 Å². The summed E-state index contributed by atoms with van der Waals surface area (Å²) < 4.78 is 5.56. The molecule has 1 aliphatic carbocycles. The molecule has 1 atom stereocenters. The van der Waals surface area contributed by atoms with Crippen molar-refractivity contribution in [3.8, 4) is 0 Å². The van der Waals surface area contributed by atoms with Crippen molar-refractivity contribution in [1.29, 1.82) is 0 Å². The minimum atomic E-state index is -0.0519. The Kier molecular flexibility index (Phi) is 1.92. The van der Waals surface area contributed by atoms with Crippen molar-refractivity contribution in [2.24, 2.45) is 0 Å². The van der Waals surface area contributed by atoms with Crippen LogP contribution in [0.3, 0.4) is 0 Å². The average molecular weight is 215 g/mol. The highest BCUT2D eigenvalue weighted by Crippen LogP contribution is 2.35. The van der Waals surface area contributed by atoms with Crippen LogP contribution in [0.25, 0.3) is 6.08 Å². The first kappa shape index (κ1) is 8.80. The van der Waals surface area contributed by atoms with Gasteiger partial charge in [-0.05, 0) is 17.7 Å². The second kappa shape index (κ2) is 3.28. The first-order valence-corrected chi connectivity index (χ1v) is 5.18. The molecule has 74 valence electrons. The van der Waals surface area contributed by atoms with Gasteiger partial charge in [-0.15, -0.1) is 12.6 Å². The fourth-order valence-corrected chi connectivity index (χ4v) is 2.02. The van der Waals surface area contributed by atoms with Crippen molar-refractivity contribution in [3.05, 3.63) is 53.6 Å². The van der Waals surface area contributed by atoms with E-state index < -0.39 is 0 Å². The Balaban J connectivity index is 2.16. The van der Waals surface area contributed by atoms with Crippen molar-refractivity contribution in [2.45, 2.75) is 11.0 Å². The monoisotopic (exact) mass is 215 g/mol. The lowest BCUT2D eigenvalue weighted by Gasteiger charge is -2.24. The summed E-state index contributed by atoms with van der Waals surface area (Å²) in [4.78, 5) is 5.25. The highest BCUT2D eigenvalue weighted by Gasteiger charge is 2.24. The summed E-state index contributed by atoms with van der Waals surface area (Å²) in [7, 11) is 0. The van der Waals surface area contributed by atoms with Gasteiger partial charge < -0.3 is 4.74 Å². The largest absolute Gasteiger partial charge is 0.487 e. The van der Waals surface area contributed by atoms with Crippen molar-refractivity contribution in [2.75, 3.05) is 0 Å². The van der Waals surface area contributed by atoms with Gasteiger partial charge in [0.2, 0.25) is 0 Å². The molecule has 1 aliphatic heterocycles. The van der Waals surface area contributed by atoms with Gasteiger partial charge in [0.15, 0.2) is 6.10 Å². The molecule has 1 aromatic heterocycles. The number of pyridine rings is 1. The van der Waals surface area contributed by atoms with Gasteiger partial charge in [0.05, 0.1) is 12.0 Å². The van der Waals surface area contributed by atoms with E-state index >= 15 is 0 Å². The summed E-state index contributed by atoms with van der Waals surface area (Å²) in [6.07, 6.45) is 11.5. The molecular weight excluding hydrogens is 206 g/mol. The van der Waals surface area contributed by atoms with Crippen LogP contribution in [-0.4, -0.2) is 4.98 Å². The Bertz CT molecular complexity index is 502. The zero-order chi connectivity index (χ0) is 10.3. The summed E-state index contributed by atoms with van der Waals surface area (Å²) >= 11 is 4.27. The first-order chi connectivity index (χ1) is 7.34. The van der Waals surface area contributed by atoms with Crippen LogP contribution >= 0.6 is 12.6 Å². The van der Waals surface area contributed by atoms with Crippen LogP contribution in [0.1, 0.15) is 17.4 Å². The molecule has 2 aliphatic rings. The Hall–Kier alpha value is -1.48. The van der Waals surface area contributed by atoms with Crippen molar-refractivity contribution < 1.29 is 4.74 Å². The van der Waals surface area contributed by atoms with E-state index in [4.69, 9.17) is 4.74 Å². The SMILES string of the molecule is Sc1cnc2c(c1)C=CC1=CC=COC12. The van der Waals surface area contributed by atoms with E-state index in [-0.39, 0.29) is 6.10 Å². The van der Waals surface area contributed by atoms with E-state index in [1.165, 1.54) is 0 Å². The third-order valence-corrected chi connectivity index (χ3v) is 2.77. The van der Waals surface area contributed by atoms with Gasteiger partial charge in [-0.1, -0.05) is 18.2 Å². The van der Waals surface area contributed by atoms with Crippen LogP contribution in [-0.2, 0) is 4.74 Å². The molecule has 0 N–H and O–H groups in total. The second-order valence-corrected chi connectivity index (χ2v) is 4.03. The van der Waals surface area contributed by atoms with E-state index in [1.54, 1.807) is 12.5 Å². The molecule has 0 saturated heterocycles. The zero-order valence-corrected chi connectivity index (χ0v) is 8.82. The number of fused-ring (bicyclic) bond motifs is 3. The van der Waals surface area contributed by atoms with Gasteiger partial charge in [-0.2, -0.15) is 0 Å². The average Bonchev–Trinajstić information content (AvgIpc) is 2.28. The van der Waals surface area contributed by atoms with Crippen molar-refractivity contribution in [3.63, 3.8) is 0 Å². The number of rotatable bonds is 0. The number of hydrogen-bond acceptors (Lipinski definition) is 3. The molecule has 0 aromatic carbocycles. The topological polar surface area (TPSA) is 22.1 Å². The lowest BCUT2D eigenvalue weighted by Crippen LogP contribution is -2.12. The molecule has 2 heterocycles. The van der Waals surface area contributed by atoms with Gasteiger partial charge >= 0.3 is 0 Å². The molecule has 1 unspecified atom stereocenters. The predicted molar refractivity (Wildman–Crippen MR) is 61.6 cm³/mol. The summed E-state index contributed by atoms with van der Waals surface area (Å²) in [6, 6.07) is 2.00. The van der Waals surface area contributed by atoms with Crippen LogP contribution in [0, 0.1) is 0 Å². The maximum absolute atomic E-state index is 5.56. The van der Waals surface area contributed by atoms with Gasteiger partial charge in [0.25, 0.3) is 0 Å². The normalized spacial score (nSPS) is 21.4. The van der Waals surface area contributed by atoms with Crippen LogP contribution in [0.2, 0.25) is 0 Å². The van der Waals surface area contributed by atoms with E-state index in [0.717, 1.165) is 21.7 Å². The van der Waals surface area contributed by atoms with Gasteiger partial charge in [-0.25, -0.2) is 0 Å². The summed E-state index contributed by atoms with van der Waals surface area (Å²) in [6.45, 7) is 0. The lowest BCUT2D eigenvalue weighted by atomic mass is 9.94. The standard InChI is InChI=1S/C12H9NOS/c15-10-6-9-4-3-8-2-1-5-14-12(8)11(9)13-7-10/h1-7,12,15H. The summed E-state index contributed by atoms with van der Waals surface area (Å²) in [5, 5.41) is 0. The van der Waals surface area contributed by atoms with Gasteiger partial charge in [-0.3, -0.25) is 4.98 Å². The Labute approximate surface area is 93.4 Å². The number of allylic oxidation sites excluding steroid dienone is 2. The first-order valence-electron chi connectivity index (χ1n) is 4.74. The zero-order valence-electron chi connectivity index (χ0n) is 7.92. The molecule has 1 aromatic rings. The number of nitrogens with zero attached hydrogens (tertiary/aromatic N) is 1. The summed E-state index contributed by atoms with van der Waals surface area (Å²) in [5.74, 6) is 0. The fraction of sp³-hybridized carbons (Fsp3) is 0.0833. The maximum atomic E-state index is 5.56. The molecule has 15 heavy (non-hydrogen) atoms. The molecule has 0 bridgehead atoms. The Morgan fingerprint density at radius 2 is 2.27 bits per heavy atom.